The molecule has 102 valence electrons. The van der Waals surface area contributed by atoms with Crippen LogP contribution in [0.5, 0.6) is 0 Å². The highest BCUT2D eigenvalue weighted by Crippen LogP contribution is 2.24. The Morgan fingerprint density at radius 3 is 2.63 bits per heavy atom. The summed E-state index contributed by atoms with van der Waals surface area (Å²) in [4.78, 5) is 0. The first-order valence-corrected chi connectivity index (χ1v) is 6.85. The minimum atomic E-state index is 0.141. The Hall–Kier alpha value is -1.61. The highest BCUT2D eigenvalue weighted by Gasteiger charge is 2.16. The van der Waals surface area contributed by atoms with Gasteiger partial charge in [0.2, 0.25) is 0 Å². The van der Waals surface area contributed by atoms with Gasteiger partial charge >= 0.3 is 0 Å². The molecule has 1 N–H and O–H groups in total. The Balaban J connectivity index is 2.26. The van der Waals surface area contributed by atoms with Gasteiger partial charge in [0, 0.05) is 18.2 Å². The molecule has 1 heterocycles. The van der Waals surface area contributed by atoms with Gasteiger partial charge in [-0.15, -0.1) is 0 Å². The monoisotopic (exact) mass is 258 g/mol. The number of benzene rings is 1. The Labute approximate surface area is 114 Å². The Morgan fingerprint density at radius 2 is 2.00 bits per heavy atom. The lowest BCUT2D eigenvalue weighted by Crippen LogP contribution is -2.13. The van der Waals surface area contributed by atoms with Crippen LogP contribution in [0.1, 0.15) is 35.4 Å². The van der Waals surface area contributed by atoms with Crippen LogP contribution in [0.3, 0.4) is 0 Å². The second-order valence-corrected chi connectivity index (χ2v) is 5.03. The molecule has 0 aliphatic rings. The van der Waals surface area contributed by atoms with Gasteiger partial charge in [0.05, 0.1) is 12.3 Å². The zero-order valence-corrected chi connectivity index (χ0v) is 11.9. The largest absolute Gasteiger partial charge is 0.396 e. The van der Waals surface area contributed by atoms with Crippen molar-refractivity contribution in [1.82, 2.24) is 9.78 Å². The maximum absolute atomic E-state index is 9.71. The molecule has 1 atom stereocenters. The zero-order valence-electron chi connectivity index (χ0n) is 11.9. The SMILES string of the molecule is CCn1nc(C)cc1CC(CO)c1ccccc1C. The summed E-state index contributed by atoms with van der Waals surface area (Å²) < 4.78 is 2.02. The van der Waals surface area contributed by atoms with Crippen LogP contribution in [0.25, 0.3) is 0 Å². The first-order chi connectivity index (χ1) is 9.15. The van der Waals surface area contributed by atoms with Gasteiger partial charge in [0.1, 0.15) is 0 Å². The fourth-order valence-electron chi connectivity index (χ4n) is 2.61. The lowest BCUT2D eigenvalue weighted by Gasteiger charge is -2.17. The summed E-state index contributed by atoms with van der Waals surface area (Å²) in [6, 6.07) is 10.4. The first-order valence-electron chi connectivity index (χ1n) is 6.85. The summed E-state index contributed by atoms with van der Waals surface area (Å²) in [5.41, 5.74) is 4.70. The maximum atomic E-state index is 9.71. The van der Waals surface area contributed by atoms with Gasteiger partial charge in [-0.2, -0.15) is 5.10 Å². The lowest BCUT2D eigenvalue weighted by molar-refractivity contribution is 0.262. The molecule has 0 amide bonds. The third kappa shape index (κ3) is 3.04. The molecule has 3 nitrogen and oxygen atoms in total. The molecule has 0 bridgehead atoms. The molecule has 2 aromatic rings. The molecule has 0 saturated heterocycles. The fourth-order valence-corrected chi connectivity index (χ4v) is 2.61. The Bertz CT molecular complexity index is 545. The lowest BCUT2D eigenvalue weighted by atomic mass is 9.91. The van der Waals surface area contributed by atoms with Crippen LogP contribution in [0, 0.1) is 13.8 Å². The van der Waals surface area contributed by atoms with Crippen LogP contribution in [0.2, 0.25) is 0 Å². The number of nitrogens with zero attached hydrogens (tertiary/aromatic N) is 2. The first kappa shape index (κ1) is 13.8. The highest BCUT2D eigenvalue weighted by atomic mass is 16.3. The van der Waals surface area contributed by atoms with Crippen LogP contribution < -0.4 is 0 Å². The molecule has 0 saturated carbocycles. The number of rotatable bonds is 5. The van der Waals surface area contributed by atoms with E-state index in [4.69, 9.17) is 0 Å². The smallest absolute Gasteiger partial charge is 0.0596 e. The molecule has 1 aromatic heterocycles. The molecule has 2 rings (SSSR count). The fraction of sp³-hybridized carbons (Fsp3) is 0.438. The van der Waals surface area contributed by atoms with Crippen LogP contribution in [-0.2, 0) is 13.0 Å². The summed E-state index contributed by atoms with van der Waals surface area (Å²) in [6.07, 6.45) is 0.829. The molecule has 0 fully saturated rings. The van der Waals surface area contributed by atoms with E-state index in [1.807, 2.05) is 23.7 Å². The second-order valence-electron chi connectivity index (χ2n) is 5.03. The number of aryl methyl sites for hydroxylation is 3. The summed E-state index contributed by atoms with van der Waals surface area (Å²) in [5, 5.41) is 14.2. The van der Waals surface area contributed by atoms with Crippen molar-refractivity contribution in [2.24, 2.45) is 0 Å². The van der Waals surface area contributed by atoms with Gasteiger partial charge in [-0.3, -0.25) is 4.68 Å². The molecule has 0 aliphatic carbocycles. The van der Waals surface area contributed by atoms with Crippen molar-refractivity contribution < 1.29 is 5.11 Å². The van der Waals surface area contributed by atoms with Gasteiger partial charge in [0.15, 0.2) is 0 Å². The van der Waals surface area contributed by atoms with Crippen molar-refractivity contribution in [1.29, 1.82) is 0 Å². The van der Waals surface area contributed by atoms with E-state index < -0.39 is 0 Å². The molecular weight excluding hydrogens is 236 g/mol. The quantitative estimate of drug-likeness (QED) is 0.895. The third-order valence-corrected chi connectivity index (χ3v) is 3.59. The van der Waals surface area contributed by atoms with Crippen molar-refractivity contribution in [3.05, 3.63) is 52.8 Å². The molecule has 0 radical (unpaired) electrons. The summed E-state index contributed by atoms with van der Waals surface area (Å²) in [7, 11) is 0. The number of hydrogen-bond donors (Lipinski definition) is 1. The predicted molar refractivity (Wildman–Crippen MR) is 77.3 cm³/mol. The molecular formula is C16H22N2O. The van der Waals surface area contributed by atoms with E-state index in [2.05, 4.69) is 37.1 Å². The van der Waals surface area contributed by atoms with E-state index in [1.165, 1.54) is 16.8 Å². The van der Waals surface area contributed by atoms with Crippen LogP contribution in [-0.4, -0.2) is 21.5 Å². The molecule has 1 unspecified atom stereocenters. The summed E-state index contributed by atoms with van der Waals surface area (Å²) in [5.74, 6) is 0.141. The molecule has 3 heteroatoms. The maximum Gasteiger partial charge on any atom is 0.0596 e. The van der Waals surface area contributed by atoms with Crippen molar-refractivity contribution >= 4 is 0 Å². The van der Waals surface area contributed by atoms with E-state index in [1.54, 1.807) is 0 Å². The summed E-state index contributed by atoms with van der Waals surface area (Å²) >= 11 is 0. The Kier molecular flexibility index (Phi) is 4.38. The molecule has 1 aromatic carbocycles. The average Bonchev–Trinajstić information content (AvgIpc) is 2.77. The van der Waals surface area contributed by atoms with Crippen LogP contribution >= 0.6 is 0 Å². The Morgan fingerprint density at radius 1 is 1.26 bits per heavy atom. The average molecular weight is 258 g/mol. The normalized spacial score (nSPS) is 12.6. The van der Waals surface area contributed by atoms with Gasteiger partial charge in [-0.05, 0) is 44.4 Å². The number of aromatic nitrogens is 2. The minimum absolute atomic E-state index is 0.141. The molecule has 19 heavy (non-hydrogen) atoms. The number of aliphatic hydroxyl groups excluding tert-OH is 1. The van der Waals surface area contributed by atoms with E-state index in [0.717, 1.165) is 18.7 Å². The third-order valence-electron chi connectivity index (χ3n) is 3.59. The van der Waals surface area contributed by atoms with E-state index in [0.29, 0.717) is 0 Å². The predicted octanol–water partition coefficient (Wildman–Crippen LogP) is 2.84. The summed E-state index contributed by atoms with van der Waals surface area (Å²) in [6.45, 7) is 7.24. The second kappa shape index (κ2) is 6.02. The standard InChI is InChI=1S/C16H22N2O/c1-4-18-15(9-13(3)17-18)10-14(11-19)16-8-6-5-7-12(16)2/h5-9,14,19H,4,10-11H2,1-3H3. The van der Waals surface area contributed by atoms with Crippen molar-refractivity contribution in [2.45, 2.75) is 39.7 Å². The minimum Gasteiger partial charge on any atom is -0.396 e. The molecule has 0 aliphatic heterocycles. The van der Waals surface area contributed by atoms with Crippen molar-refractivity contribution in [2.75, 3.05) is 6.61 Å². The van der Waals surface area contributed by atoms with Gasteiger partial charge in [-0.1, -0.05) is 24.3 Å². The molecule has 0 spiro atoms. The van der Waals surface area contributed by atoms with E-state index in [9.17, 15) is 5.11 Å². The number of hydrogen-bond acceptors (Lipinski definition) is 2. The van der Waals surface area contributed by atoms with E-state index >= 15 is 0 Å². The number of aliphatic hydroxyl groups is 1. The van der Waals surface area contributed by atoms with Gasteiger partial charge in [0.25, 0.3) is 0 Å². The van der Waals surface area contributed by atoms with Crippen LogP contribution in [0.4, 0.5) is 0 Å². The van der Waals surface area contributed by atoms with Crippen molar-refractivity contribution in [3.63, 3.8) is 0 Å². The topological polar surface area (TPSA) is 38.0 Å². The van der Waals surface area contributed by atoms with Gasteiger partial charge in [-0.25, -0.2) is 0 Å². The van der Waals surface area contributed by atoms with E-state index in [-0.39, 0.29) is 12.5 Å². The van der Waals surface area contributed by atoms with Crippen molar-refractivity contribution in [3.8, 4) is 0 Å². The highest BCUT2D eigenvalue weighted by molar-refractivity contribution is 5.30. The zero-order chi connectivity index (χ0) is 13.8. The van der Waals surface area contributed by atoms with Crippen LogP contribution in [0.15, 0.2) is 30.3 Å². The van der Waals surface area contributed by atoms with Gasteiger partial charge < -0.3 is 5.11 Å².